The number of imidazole rings is 1. The molecule has 0 spiro atoms. The van der Waals surface area contributed by atoms with E-state index in [9.17, 15) is 4.79 Å². The molecular formula is C19H18N2O3. The van der Waals surface area contributed by atoms with E-state index >= 15 is 0 Å². The van der Waals surface area contributed by atoms with Crippen molar-refractivity contribution in [3.05, 3.63) is 66.2 Å². The van der Waals surface area contributed by atoms with Crippen molar-refractivity contribution in [1.29, 1.82) is 0 Å². The molecule has 0 aliphatic heterocycles. The van der Waals surface area contributed by atoms with Gasteiger partial charge in [-0.15, -0.1) is 0 Å². The molecule has 0 atom stereocenters. The SMILES string of the molecule is COc1cccc(OC)c1-c1cccc(C(=O)c2nccn2C)c1. The lowest BCUT2D eigenvalue weighted by atomic mass is 9.99. The monoisotopic (exact) mass is 322 g/mol. The Morgan fingerprint density at radius 2 is 1.71 bits per heavy atom. The Balaban J connectivity index is 2.10. The first-order chi connectivity index (χ1) is 11.7. The number of aromatic nitrogens is 2. The van der Waals surface area contributed by atoms with Crippen molar-refractivity contribution in [2.24, 2.45) is 7.05 Å². The van der Waals surface area contributed by atoms with E-state index < -0.39 is 0 Å². The Hall–Kier alpha value is -3.08. The molecule has 5 nitrogen and oxygen atoms in total. The molecule has 24 heavy (non-hydrogen) atoms. The van der Waals surface area contributed by atoms with Gasteiger partial charge in [-0.25, -0.2) is 4.98 Å². The predicted molar refractivity (Wildman–Crippen MR) is 91.6 cm³/mol. The van der Waals surface area contributed by atoms with Gasteiger partial charge in [0.15, 0.2) is 5.82 Å². The van der Waals surface area contributed by atoms with Crippen LogP contribution in [0.4, 0.5) is 0 Å². The second-order valence-electron chi connectivity index (χ2n) is 5.31. The molecule has 3 aromatic rings. The minimum Gasteiger partial charge on any atom is -0.496 e. The number of carbonyl (C=O) groups is 1. The van der Waals surface area contributed by atoms with Crippen LogP contribution in [0.2, 0.25) is 0 Å². The molecule has 0 aliphatic carbocycles. The highest BCUT2D eigenvalue weighted by Gasteiger charge is 2.17. The van der Waals surface area contributed by atoms with Crippen molar-refractivity contribution >= 4 is 5.78 Å². The van der Waals surface area contributed by atoms with Crippen LogP contribution in [-0.4, -0.2) is 29.6 Å². The summed E-state index contributed by atoms with van der Waals surface area (Å²) < 4.78 is 12.6. The lowest BCUT2D eigenvalue weighted by Gasteiger charge is -2.14. The summed E-state index contributed by atoms with van der Waals surface area (Å²) in [5, 5.41) is 0. The molecule has 0 unspecified atom stereocenters. The van der Waals surface area contributed by atoms with Gasteiger partial charge in [-0.3, -0.25) is 4.79 Å². The van der Waals surface area contributed by atoms with Crippen LogP contribution in [0.5, 0.6) is 11.5 Å². The molecule has 1 aromatic heterocycles. The first-order valence-corrected chi connectivity index (χ1v) is 7.49. The highest BCUT2D eigenvalue weighted by molar-refractivity contribution is 6.07. The minimum absolute atomic E-state index is 0.127. The van der Waals surface area contributed by atoms with Crippen LogP contribution in [0.3, 0.4) is 0 Å². The number of ketones is 1. The number of aryl methyl sites for hydroxylation is 1. The Bertz CT molecular complexity index is 862. The number of rotatable bonds is 5. The molecule has 0 amide bonds. The normalized spacial score (nSPS) is 10.5. The summed E-state index contributed by atoms with van der Waals surface area (Å²) in [6.07, 6.45) is 3.36. The molecular weight excluding hydrogens is 304 g/mol. The lowest BCUT2D eigenvalue weighted by Crippen LogP contribution is -2.08. The maximum atomic E-state index is 12.7. The van der Waals surface area contributed by atoms with Gasteiger partial charge in [-0.1, -0.05) is 24.3 Å². The van der Waals surface area contributed by atoms with Crippen LogP contribution in [0, 0.1) is 0 Å². The van der Waals surface area contributed by atoms with Gasteiger partial charge in [-0.2, -0.15) is 0 Å². The highest BCUT2D eigenvalue weighted by Crippen LogP contribution is 2.38. The number of hydrogen-bond acceptors (Lipinski definition) is 4. The molecule has 0 saturated carbocycles. The number of nitrogens with zero attached hydrogens (tertiary/aromatic N) is 2. The molecule has 0 bridgehead atoms. The fraction of sp³-hybridized carbons (Fsp3) is 0.158. The van der Waals surface area contributed by atoms with Crippen LogP contribution < -0.4 is 9.47 Å². The summed E-state index contributed by atoms with van der Waals surface area (Å²) in [5.74, 6) is 1.66. The van der Waals surface area contributed by atoms with E-state index in [4.69, 9.17) is 9.47 Å². The summed E-state index contributed by atoms with van der Waals surface area (Å²) in [5.41, 5.74) is 2.23. The largest absolute Gasteiger partial charge is 0.496 e. The highest BCUT2D eigenvalue weighted by atomic mass is 16.5. The molecule has 0 aliphatic rings. The summed E-state index contributed by atoms with van der Waals surface area (Å²) in [6, 6.07) is 13.0. The summed E-state index contributed by atoms with van der Waals surface area (Å²) in [4.78, 5) is 16.8. The molecule has 0 radical (unpaired) electrons. The third-order valence-corrected chi connectivity index (χ3v) is 3.87. The van der Waals surface area contributed by atoms with E-state index in [1.54, 1.807) is 44.3 Å². The van der Waals surface area contributed by atoms with Gasteiger partial charge in [0, 0.05) is 25.0 Å². The Kier molecular flexibility index (Phi) is 4.33. The van der Waals surface area contributed by atoms with Gasteiger partial charge >= 0.3 is 0 Å². The summed E-state index contributed by atoms with van der Waals surface area (Å²) >= 11 is 0. The first-order valence-electron chi connectivity index (χ1n) is 7.49. The molecule has 0 saturated heterocycles. The van der Waals surface area contributed by atoms with Crippen molar-refractivity contribution in [2.75, 3.05) is 14.2 Å². The third-order valence-electron chi connectivity index (χ3n) is 3.87. The van der Waals surface area contributed by atoms with Crippen molar-refractivity contribution in [3.63, 3.8) is 0 Å². The van der Waals surface area contributed by atoms with Crippen molar-refractivity contribution in [2.45, 2.75) is 0 Å². The third kappa shape index (κ3) is 2.76. The number of benzene rings is 2. The number of carbonyl (C=O) groups excluding carboxylic acids is 1. The van der Waals surface area contributed by atoms with E-state index in [0.29, 0.717) is 22.9 Å². The van der Waals surface area contributed by atoms with Gasteiger partial charge in [-0.05, 0) is 23.8 Å². The maximum Gasteiger partial charge on any atom is 0.228 e. The standard InChI is InChI=1S/C19H18N2O3/c1-21-11-10-20-19(21)18(22)14-7-4-6-13(12-14)17-15(23-2)8-5-9-16(17)24-3/h4-12H,1-3H3. The topological polar surface area (TPSA) is 53.4 Å². The average Bonchev–Trinajstić information content (AvgIpc) is 3.06. The molecule has 3 rings (SSSR count). The molecule has 122 valence electrons. The Morgan fingerprint density at radius 1 is 1.04 bits per heavy atom. The summed E-state index contributed by atoms with van der Waals surface area (Å²) in [6.45, 7) is 0. The maximum absolute atomic E-state index is 12.7. The Morgan fingerprint density at radius 3 is 2.29 bits per heavy atom. The minimum atomic E-state index is -0.127. The van der Waals surface area contributed by atoms with E-state index in [-0.39, 0.29) is 5.78 Å². The van der Waals surface area contributed by atoms with Gasteiger partial charge in [0.05, 0.1) is 19.8 Å². The van der Waals surface area contributed by atoms with Gasteiger partial charge in [0.2, 0.25) is 5.78 Å². The lowest BCUT2D eigenvalue weighted by molar-refractivity contribution is 0.102. The quantitative estimate of drug-likeness (QED) is 0.676. The zero-order chi connectivity index (χ0) is 17.1. The van der Waals surface area contributed by atoms with E-state index in [0.717, 1.165) is 11.1 Å². The molecule has 5 heteroatoms. The second kappa shape index (κ2) is 6.58. The Labute approximate surface area is 140 Å². The fourth-order valence-corrected chi connectivity index (χ4v) is 2.67. The number of hydrogen-bond donors (Lipinski definition) is 0. The van der Waals surface area contributed by atoms with Crippen molar-refractivity contribution in [1.82, 2.24) is 9.55 Å². The molecule has 1 heterocycles. The smallest absolute Gasteiger partial charge is 0.228 e. The van der Waals surface area contributed by atoms with E-state index in [1.807, 2.05) is 36.4 Å². The van der Waals surface area contributed by atoms with Crippen LogP contribution >= 0.6 is 0 Å². The van der Waals surface area contributed by atoms with Gasteiger partial charge in [0.25, 0.3) is 0 Å². The van der Waals surface area contributed by atoms with Crippen LogP contribution in [0.15, 0.2) is 54.9 Å². The predicted octanol–water partition coefficient (Wildman–Crippen LogP) is 3.34. The average molecular weight is 322 g/mol. The first kappa shape index (κ1) is 15.8. The van der Waals surface area contributed by atoms with Gasteiger partial charge in [0.1, 0.15) is 11.5 Å². The number of ether oxygens (including phenoxy) is 2. The van der Waals surface area contributed by atoms with E-state index in [2.05, 4.69) is 4.98 Å². The van der Waals surface area contributed by atoms with Crippen LogP contribution in [0.25, 0.3) is 11.1 Å². The van der Waals surface area contributed by atoms with Crippen LogP contribution in [-0.2, 0) is 7.05 Å². The molecule has 0 N–H and O–H groups in total. The molecule has 2 aromatic carbocycles. The zero-order valence-electron chi connectivity index (χ0n) is 13.8. The molecule has 0 fully saturated rings. The fourth-order valence-electron chi connectivity index (χ4n) is 2.67. The second-order valence-corrected chi connectivity index (χ2v) is 5.31. The zero-order valence-corrected chi connectivity index (χ0v) is 13.8. The van der Waals surface area contributed by atoms with Crippen molar-refractivity contribution < 1.29 is 14.3 Å². The number of methoxy groups -OCH3 is 2. The van der Waals surface area contributed by atoms with Crippen molar-refractivity contribution in [3.8, 4) is 22.6 Å². The summed E-state index contributed by atoms with van der Waals surface area (Å²) in [7, 11) is 5.02. The van der Waals surface area contributed by atoms with Gasteiger partial charge < -0.3 is 14.0 Å². The van der Waals surface area contributed by atoms with E-state index in [1.165, 1.54) is 0 Å². The van der Waals surface area contributed by atoms with Crippen LogP contribution in [0.1, 0.15) is 16.2 Å².